The number of rotatable bonds is 7. The summed E-state index contributed by atoms with van der Waals surface area (Å²) in [5.41, 5.74) is 3.02. The standard InChI is InChI=1S/C22H18N2O5/c25-21(23-19-7-4-8-20(14-19)24(27)28)15-29-22(26)13-16-9-11-18(12-10-16)17-5-2-1-3-6-17/h1-12,14H,13,15H2,(H,23,25). The SMILES string of the molecule is O=C(COC(=O)Cc1ccc(-c2ccccc2)cc1)Nc1cccc([N+](=O)[O-])c1. The Balaban J connectivity index is 1.49. The molecule has 0 aromatic heterocycles. The number of nitro benzene ring substituents is 1. The molecule has 0 radical (unpaired) electrons. The van der Waals surface area contributed by atoms with E-state index in [1.54, 1.807) is 0 Å². The van der Waals surface area contributed by atoms with Gasteiger partial charge in [0.15, 0.2) is 6.61 Å². The number of nitro groups is 1. The van der Waals surface area contributed by atoms with Crippen LogP contribution in [0.2, 0.25) is 0 Å². The van der Waals surface area contributed by atoms with Crippen molar-refractivity contribution >= 4 is 23.3 Å². The summed E-state index contributed by atoms with van der Waals surface area (Å²) in [6, 6.07) is 22.9. The van der Waals surface area contributed by atoms with Crippen LogP contribution < -0.4 is 5.32 Å². The van der Waals surface area contributed by atoms with Crippen LogP contribution in [0.15, 0.2) is 78.9 Å². The van der Waals surface area contributed by atoms with E-state index in [1.807, 2.05) is 54.6 Å². The minimum Gasteiger partial charge on any atom is -0.455 e. The summed E-state index contributed by atoms with van der Waals surface area (Å²) >= 11 is 0. The van der Waals surface area contributed by atoms with Crippen molar-refractivity contribution in [1.82, 2.24) is 0 Å². The summed E-state index contributed by atoms with van der Waals surface area (Å²) in [7, 11) is 0. The first-order chi connectivity index (χ1) is 14.0. The second kappa shape index (κ2) is 9.27. The molecule has 7 heteroatoms. The largest absolute Gasteiger partial charge is 0.455 e. The van der Waals surface area contributed by atoms with Crippen LogP contribution in [-0.4, -0.2) is 23.4 Å². The lowest BCUT2D eigenvalue weighted by atomic mass is 10.0. The number of esters is 1. The average molecular weight is 390 g/mol. The summed E-state index contributed by atoms with van der Waals surface area (Å²) in [5, 5.41) is 13.2. The molecule has 29 heavy (non-hydrogen) atoms. The van der Waals surface area contributed by atoms with Crippen molar-refractivity contribution in [2.24, 2.45) is 0 Å². The number of carbonyl (C=O) groups excluding carboxylic acids is 2. The van der Waals surface area contributed by atoms with E-state index in [0.29, 0.717) is 0 Å². The molecular formula is C22H18N2O5. The van der Waals surface area contributed by atoms with E-state index in [2.05, 4.69) is 5.32 Å². The van der Waals surface area contributed by atoms with Crippen LogP contribution in [0.3, 0.4) is 0 Å². The fraction of sp³-hybridized carbons (Fsp3) is 0.0909. The fourth-order valence-electron chi connectivity index (χ4n) is 2.70. The first-order valence-corrected chi connectivity index (χ1v) is 8.85. The van der Waals surface area contributed by atoms with Crippen molar-refractivity contribution in [2.75, 3.05) is 11.9 Å². The number of benzene rings is 3. The predicted octanol–water partition coefficient (Wildman–Crippen LogP) is 3.99. The normalized spacial score (nSPS) is 10.2. The molecule has 1 N–H and O–H groups in total. The van der Waals surface area contributed by atoms with Crippen LogP contribution >= 0.6 is 0 Å². The Kier molecular flexibility index (Phi) is 6.32. The van der Waals surface area contributed by atoms with Crippen LogP contribution in [-0.2, 0) is 20.7 Å². The van der Waals surface area contributed by atoms with Crippen LogP contribution in [0.25, 0.3) is 11.1 Å². The second-order valence-electron chi connectivity index (χ2n) is 6.26. The first kappa shape index (κ1) is 19.8. The summed E-state index contributed by atoms with van der Waals surface area (Å²) in [5.74, 6) is -1.11. The highest BCUT2D eigenvalue weighted by atomic mass is 16.6. The monoisotopic (exact) mass is 390 g/mol. The van der Waals surface area contributed by atoms with E-state index >= 15 is 0 Å². The van der Waals surface area contributed by atoms with Gasteiger partial charge in [-0.15, -0.1) is 0 Å². The molecule has 3 aromatic rings. The molecule has 3 aromatic carbocycles. The molecule has 0 fully saturated rings. The van der Waals surface area contributed by atoms with E-state index in [9.17, 15) is 19.7 Å². The van der Waals surface area contributed by atoms with Crippen LogP contribution in [0.4, 0.5) is 11.4 Å². The van der Waals surface area contributed by atoms with Crippen molar-refractivity contribution in [2.45, 2.75) is 6.42 Å². The Morgan fingerprint density at radius 1 is 0.897 bits per heavy atom. The third-order valence-electron chi connectivity index (χ3n) is 4.11. The molecule has 0 aliphatic heterocycles. The zero-order valence-electron chi connectivity index (χ0n) is 15.4. The van der Waals surface area contributed by atoms with Gasteiger partial charge in [0.25, 0.3) is 11.6 Å². The number of hydrogen-bond acceptors (Lipinski definition) is 5. The zero-order valence-corrected chi connectivity index (χ0v) is 15.4. The Bertz CT molecular complexity index is 1020. The van der Waals surface area contributed by atoms with E-state index in [1.165, 1.54) is 24.3 Å². The molecule has 0 atom stereocenters. The van der Waals surface area contributed by atoms with Crippen molar-refractivity contribution in [1.29, 1.82) is 0 Å². The number of hydrogen-bond donors (Lipinski definition) is 1. The van der Waals surface area contributed by atoms with Gasteiger partial charge in [0.2, 0.25) is 0 Å². The van der Waals surface area contributed by atoms with Crippen LogP contribution in [0.1, 0.15) is 5.56 Å². The Morgan fingerprint density at radius 2 is 1.59 bits per heavy atom. The highest BCUT2D eigenvalue weighted by Gasteiger charge is 2.11. The van der Waals surface area contributed by atoms with Crippen molar-refractivity contribution in [3.8, 4) is 11.1 Å². The number of nitrogens with one attached hydrogen (secondary N) is 1. The highest BCUT2D eigenvalue weighted by Crippen LogP contribution is 2.19. The molecule has 0 aliphatic carbocycles. The molecule has 0 spiro atoms. The molecule has 0 saturated carbocycles. The van der Waals surface area contributed by atoms with E-state index in [-0.39, 0.29) is 17.8 Å². The van der Waals surface area contributed by atoms with Gasteiger partial charge in [-0.3, -0.25) is 19.7 Å². The highest BCUT2D eigenvalue weighted by molar-refractivity contribution is 5.93. The van der Waals surface area contributed by atoms with Crippen molar-refractivity contribution in [3.05, 3.63) is 94.5 Å². The van der Waals surface area contributed by atoms with Gasteiger partial charge >= 0.3 is 5.97 Å². The molecule has 7 nitrogen and oxygen atoms in total. The van der Waals surface area contributed by atoms with Gasteiger partial charge in [-0.25, -0.2) is 0 Å². The topological polar surface area (TPSA) is 98.5 Å². The third-order valence-corrected chi connectivity index (χ3v) is 4.11. The molecule has 0 bridgehead atoms. The van der Waals surface area contributed by atoms with Crippen LogP contribution in [0.5, 0.6) is 0 Å². The quantitative estimate of drug-likeness (QED) is 0.374. The molecule has 1 amide bonds. The van der Waals surface area contributed by atoms with E-state index in [0.717, 1.165) is 16.7 Å². The molecule has 0 saturated heterocycles. The third kappa shape index (κ3) is 5.74. The summed E-state index contributed by atoms with van der Waals surface area (Å²) in [4.78, 5) is 34.1. The number of ether oxygens (including phenoxy) is 1. The summed E-state index contributed by atoms with van der Waals surface area (Å²) in [6.45, 7) is -0.469. The minimum absolute atomic E-state index is 0.0408. The predicted molar refractivity (Wildman–Crippen MR) is 108 cm³/mol. The Morgan fingerprint density at radius 3 is 2.28 bits per heavy atom. The zero-order chi connectivity index (χ0) is 20.6. The van der Waals surface area contributed by atoms with Gasteiger partial charge < -0.3 is 10.1 Å². The maximum Gasteiger partial charge on any atom is 0.310 e. The van der Waals surface area contributed by atoms with Gasteiger partial charge in [0, 0.05) is 17.8 Å². The lowest BCUT2D eigenvalue weighted by molar-refractivity contribution is -0.384. The van der Waals surface area contributed by atoms with Gasteiger partial charge in [0.05, 0.1) is 11.3 Å². The lowest BCUT2D eigenvalue weighted by Gasteiger charge is -2.07. The van der Waals surface area contributed by atoms with Gasteiger partial charge in [-0.05, 0) is 22.8 Å². The molecule has 146 valence electrons. The maximum absolute atomic E-state index is 12.0. The van der Waals surface area contributed by atoms with Gasteiger partial charge in [-0.1, -0.05) is 60.7 Å². The molecule has 3 rings (SSSR count). The second-order valence-corrected chi connectivity index (χ2v) is 6.26. The molecule has 0 unspecified atom stereocenters. The van der Waals surface area contributed by atoms with Crippen LogP contribution in [0, 0.1) is 10.1 Å². The molecule has 0 aliphatic rings. The fourth-order valence-corrected chi connectivity index (χ4v) is 2.70. The smallest absolute Gasteiger partial charge is 0.310 e. The maximum atomic E-state index is 12.0. The summed E-state index contributed by atoms with van der Waals surface area (Å²) in [6.07, 6.45) is 0.0408. The molecular weight excluding hydrogens is 372 g/mol. The van der Waals surface area contributed by atoms with Gasteiger partial charge in [-0.2, -0.15) is 0 Å². The number of carbonyl (C=O) groups is 2. The molecule has 0 heterocycles. The minimum atomic E-state index is -0.571. The number of amides is 1. The lowest BCUT2D eigenvalue weighted by Crippen LogP contribution is -2.21. The first-order valence-electron chi connectivity index (χ1n) is 8.85. The number of nitrogens with zero attached hydrogens (tertiary/aromatic N) is 1. The Hall–Kier alpha value is -4.00. The number of anilines is 1. The van der Waals surface area contributed by atoms with Gasteiger partial charge in [0.1, 0.15) is 0 Å². The number of non-ortho nitro benzene ring substituents is 1. The van der Waals surface area contributed by atoms with Crippen molar-refractivity contribution < 1.29 is 19.2 Å². The summed E-state index contributed by atoms with van der Waals surface area (Å²) < 4.78 is 4.99. The average Bonchev–Trinajstić information content (AvgIpc) is 2.74. The van der Waals surface area contributed by atoms with E-state index < -0.39 is 23.4 Å². The van der Waals surface area contributed by atoms with Crippen molar-refractivity contribution in [3.63, 3.8) is 0 Å². The Labute approximate surface area is 167 Å². The van der Waals surface area contributed by atoms with E-state index in [4.69, 9.17) is 4.74 Å².